The monoisotopic (exact) mass is 291 g/mol. The summed E-state index contributed by atoms with van der Waals surface area (Å²) in [5, 5.41) is 5.65. The fraction of sp³-hybridized carbons (Fsp3) is 0.429. The van der Waals surface area contributed by atoms with Crippen LogP contribution in [0.15, 0.2) is 27.4 Å². The first kappa shape index (κ1) is 13.7. The van der Waals surface area contributed by atoms with Crippen LogP contribution in [0.1, 0.15) is 12.8 Å². The van der Waals surface area contributed by atoms with Gasteiger partial charge in [0.05, 0.1) is 5.52 Å². The van der Waals surface area contributed by atoms with E-state index in [1.54, 1.807) is 25.2 Å². The zero-order valence-corrected chi connectivity index (χ0v) is 11.7. The molecule has 1 aromatic heterocycles. The fourth-order valence-corrected chi connectivity index (χ4v) is 2.41. The number of benzene rings is 1. The second-order valence-electron chi connectivity index (χ2n) is 5.09. The maximum absolute atomic E-state index is 11.9. The van der Waals surface area contributed by atoms with E-state index in [2.05, 4.69) is 10.6 Å². The smallest absolute Gasteiger partial charge is 0.408 e. The van der Waals surface area contributed by atoms with E-state index in [9.17, 15) is 9.59 Å². The Morgan fingerprint density at radius 3 is 2.86 bits per heavy atom. The van der Waals surface area contributed by atoms with Crippen LogP contribution in [0.5, 0.6) is 0 Å². The van der Waals surface area contributed by atoms with E-state index in [-0.39, 0.29) is 12.1 Å². The summed E-state index contributed by atoms with van der Waals surface area (Å²) in [5.74, 6) is -0.422. The number of rotatable bonds is 2. The minimum Gasteiger partial charge on any atom is -0.408 e. The molecular weight excluding hydrogens is 274 g/mol. The Labute approximate surface area is 120 Å². The second-order valence-corrected chi connectivity index (χ2v) is 5.09. The number of anilines is 1. The van der Waals surface area contributed by atoms with Crippen LogP contribution >= 0.6 is 0 Å². The quantitative estimate of drug-likeness (QED) is 0.876. The number of carbonyl (C=O) groups excluding carboxylic acids is 1. The van der Waals surface area contributed by atoms with Crippen LogP contribution in [-0.4, -0.2) is 29.9 Å². The number of ether oxygens (including phenoxy) is 1. The van der Waals surface area contributed by atoms with E-state index in [0.29, 0.717) is 30.0 Å². The number of aromatic nitrogens is 1. The number of fused-ring (bicyclic) bond motifs is 1. The number of hydrogen-bond acceptors (Lipinski definition) is 4. The number of amides is 2. The van der Waals surface area contributed by atoms with Crippen LogP contribution in [0, 0.1) is 0 Å². The second kappa shape index (κ2) is 5.61. The molecule has 0 unspecified atom stereocenters. The lowest BCUT2D eigenvalue weighted by Gasteiger charge is -2.23. The molecule has 7 nitrogen and oxygen atoms in total. The summed E-state index contributed by atoms with van der Waals surface area (Å²) in [4.78, 5) is 23.3. The van der Waals surface area contributed by atoms with E-state index >= 15 is 0 Å². The molecule has 0 bridgehead atoms. The van der Waals surface area contributed by atoms with Gasteiger partial charge in [-0.1, -0.05) is 0 Å². The summed E-state index contributed by atoms with van der Waals surface area (Å²) < 4.78 is 11.8. The molecule has 21 heavy (non-hydrogen) atoms. The van der Waals surface area contributed by atoms with Crippen molar-refractivity contribution in [3.63, 3.8) is 0 Å². The molecule has 1 aromatic carbocycles. The van der Waals surface area contributed by atoms with Crippen molar-refractivity contribution >= 4 is 22.8 Å². The number of urea groups is 1. The molecule has 0 atom stereocenters. The zero-order chi connectivity index (χ0) is 14.8. The first-order valence-electron chi connectivity index (χ1n) is 6.88. The van der Waals surface area contributed by atoms with Crippen LogP contribution in [0.2, 0.25) is 0 Å². The van der Waals surface area contributed by atoms with Crippen LogP contribution in [0.4, 0.5) is 10.5 Å². The molecule has 0 saturated carbocycles. The summed E-state index contributed by atoms with van der Waals surface area (Å²) in [7, 11) is 1.64. The first-order chi connectivity index (χ1) is 10.1. The topological polar surface area (TPSA) is 85.5 Å². The molecule has 112 valence electrons. The van der Waals surface area contributed by atoms with Gasteiger partial charge < -0.3 is 19.8 Å². The number of aryl methyl sites for hydroxylation is 1. The van der Waals surface area contributed by atoms with Crippen molar-refractivity contribution in [2.75, 3.05) is 18.5 Å². The Hall–Kier alpha value is -2.28. The Kier molecular flexibility index (Phi) is 3.66. The largest absolute Gasteiger partial charge is 0.419 e. The molecule has 0 spiro atoms. The maximum atomic E-state index is 11.9. The number of hydrogen-bond donors (Lipinski definition) is 2. The van der Waals surface area contributed by atoms with Gasteiger partial charge in [-0.3, -0.25) is 4.57 Å². The summed E-state index contributed by atoms with van der Waals surface area (Å²) in [5.41, 5.74) is 1.73. The van der Waals surface area contributed by atoms with Crippen molar-refractivity contribution in [2.24, 2.45) is 7.05 Å². The van der Waals surface area contributed by atoms with E-state index < -0.39 is 5.76 Å². The molecule has 2 amide bonds. The number of oxazole rings is 1. The number of nitrogens with zero attached hydrogens (tertiary/aromatic N) is 1. The van der Waals surface area contributed by atoms with Crippen LogP contribution in [0.3, 0.4) is 0 Å². The SMILES string of the molecule is Cn1c(=O)oc2cc(NC(=O)NC3CCOCC3)ccc21. The van der Waals surface area contributed by atoms with Crippen molar-refractivity contribution in [3.8, 4) is 0 Å². The summed E-state index contributed by atoms with van der Waals surface area (Å²) in [6.07, 6.45) is 1.64. The predicted octanol–water partition coefficient (Wildman–Crippen LogP) is 1.43. The van der Waals surface area contributed by atoms with Gasteiger partial charge in [0.15, 0.2) is 5.58 Å². The van der Waals surface area contributed by atoms with Gasteiger partial charge in [-0.05, 0) is 25.0 Å². The van der Waals surface area contributed by atoms with E-state index in [1.807, 2.05) is 0 Å². The third-order valence-corrected chi connectivity index (χ3v) is 3.61. The van der Waals surface area contributed by atoms with E-state index in [0.717, 1.165) is 12.8 Å². The summed E-state index contributed by atoms with van der Waals surface area (Å²) in [6, 6.07) is 4.99. The molecule has 1 aliphatic heterocycles. The number of carbonyl (C=O) groups is 1. The average molecular weight is 291 g/mol. The maximum Gasteiger partial charge on any atom is 0.419 e. The molecule has 1 aliphatic rings. The molecular formula is C14H17N3O4. The van der Waals surface area contributed by atoms with Gasteiger partial charge in [0, 0.05) is 38.1 Å². The molecule has 1 saturated heterocycles. The Morgan fingerprint density at radius 2 is 2.10 bits per heavy atom. The Morgan fingerprint density at radius 1 is 1.33 bits per heavy atom. The summed E-state index contributed by atoms with van der Waals surface area (Å²) in [6.45, 7) is 1.35. The van der Waals surface area contributed by atoms with E-state index in [4.69, 9.17) is 9.15 Å². The lowest BCUT2D eigenvalue weighted by atomic mass is 10.1. The minimum absolute atomic E-state index is 0.136. The molecule has 3 rings (SSSR count). The van der Waals surface area contributed by atoms with Crippen LogP contribution in [-0.2, 0) is 11.8 Å². The molecule has 0 aliphatic carbocycles. The Balaban J connectivity index is 1.69. The van der Waals surface area contributed by atoms with Crippen molar-refractivity contribution in [2.45, 2.75) is 18.9 Å². The first-order valence-corrected chi connectivity index (χ1v) is 6.88. The average Bonchev–Trinajstić information content (AvgIpc) is 2.74. The van der Waals surface area contributed by atoms with Crippen molar-refractivity contribution < 1.29 is 13.9 Å². The van der Waals surface area contributed by atoms with Crippen LogP contribution in [0.25, 0.3) is 11.1 Å². The van der Waals surface area contributed by atoms with Crippen LogP contribution < -0.4 is 16.4 Å². The van der Waals surface area contributed by atoms with Gasteiger partial charge in [-0.2, -0.15) is 0 Å². The lowest BCUT2D eigenvalue weighted by Crippen LogP contribution is -2.41. The normalized spacial score (nSPS) is 16.0. The molecule has 7 heteroatoms. The predicted molar refractivity (Wildman–Crippen MR) is 77.5 cm³/mol. The fourth-order valence-electron chi connectivity index (χ4n) is 2.41. The lowest BCUT2D eigenvalue weighted by molar-refractivity contribution is 0.0806. The van der Waals surface area contributed by atoms with E-state index in [1.165, 1.54) is 4.57 Å². The van der Waals surface area contributed by atoms with Gasteiger partial charge in [0.25, 0.3) is 0 Å². The highest BCUT2D eigenvalue weighted by atomic mass is 16.5. The van der Waals surface area contributed by atoms with Crippen molar-refractivity contribution in [1.29, 1.82) is 0 Å². The summed E-state index contributed by atoms with van der Waals surface area (Å²) >= 11 is 0. The van der Waals surface area contributed by atoms with Gasteiger partial charge in [0.2, 0.25) is 0 Å². The highest BCUT2D eigenvalue weighted by Crippen LogP contribution is 2.17. The number of nitrogens with one attached hydrogen (secondary N) is 2. The highest BCUT2D eigenvalue weighted by Gasteiger charge is 2.16. The van der Waals surface area contributed by atoms with Gasteiger partial charge in [-0.15, -0.1) is 0 Å². The standard InChI is InChI=1S/C14H17N3O4/c1-17-11-3-2-10(8-12(11)21-14(17)19)16-13(18)15-9-4-6-20-7-5-9/h2-3,8-9H,4-7H2,1H3,(H2,15,16,18). The molecule has 0 radical (unpaired) electrons. The van der Waals surface area contributed by atoms with Gasteiger partial charge in [0.1, 0.15) is 0 Å². The molecule has 2 N–H and O–H groups in total. The Bertz CT molecular complexity index is 713. The third kappa shape index (κ3) is 2.92. The molecule has 2 aromatic rings. The third-order valence-electron chi connectivity index (χ3n) is 3.61. The van der Waals surface area contributed by atoms with Crippen molar-refractivity contribution in [1.82, 2.24) is 9.88 Å². The zero-order valence-electron chi connectivity index (χ0n) is 11.7. The van der Waals surface area contributed by atoms with Crippen molar-refractivity contribution in [3.05, 3.63) is 28.7 Å². The van der Waals surface area contributed by atoms with Gasteiger partial charge in [-0.25, -0.2) is 9.59 Å². The minimum atomic E-state index is -0.422. The molecule has 1 fully saturated rings. The highest BCUT2D eigenvalue weighted by molar-refractivity contribution is 5.91. The molecule has 2 heterocycles. The van der Waals surface area contributed by atoms with Gasteiger partial charge >= 0.3 is 11.8 Å².